The van der Waals surface area contributed by atoms with E-state index in [1.54, 1.807) is 0 Å². The molecule has 1 aliphatic carbocycles. The van der Waals surface area contributed by atoms with Crippen molar-refractivity contribution >= 4 is 0 Å². The van der Waals surface area contributed by atoms with E-state index >= 15 is 0 Å². The molecule has 0 unspecified atom stereocenters. The predicted octanol–water partition coefficient (Wildman–Crippen LogP) is 3.46. The van der Waals surface area contributed by atoms with E-state index in [0.717, 1.165) is 29.6 Å². The Morgan fingerprint density at radius 2 is 2.00 bits per heavy atom. The predicted molar refractivity (Wildman–Crippen MR) is 78.4 cm³/mol. The van der Waals surface area contributed by atoms with Crippen LogP contribution in [-0.4, -0.2) is 18.1 Å². The van der Waals surface area contributed by atoms with Crippen LogP contribution >= 0.6 is 0 Å². The highest BCUT2D eigenvalue weighted by Gasteiger charge is 2.22. The Bertz CT molecular complexity index is 398. The minimum absolute atomic E-state index is 0.378. The third-order valence-corrected chi connectivity index (χ3v) is 4.08. The van der Waals surface area contributed by atoms with Crippen LogP contribution in [0.25, 0.3) is 0 Å². The lowest BCUT2D eigenvalue weighted by Crippen LogP contribution is -2.25. The van der Waals surface area contributed by atoms with Gasteiger partial charge in [-0.3, -0.25) is 4.98 Å². The van der Waals surface area contributed by atoms with Gasteiger partial charge in [-0.2, -0.15) is 0 Å². The number of nitrogens with one attached hydrogen (secondary N) is 1. The molecule has 1 N–H and O–H groups in total. The normalized spacial score (nSPS) is 23.3. The molecule has 3 nitrogen and oxygen atoms in total. The van der Waals surface area contributed by atoms with Crippen molar-refractivity contribution in [2.75, 3.05) is 7.05 Å². The van der Waals surface area contributed by atoms with Gasteiger partial charge in [-0.25, -0.2) is 0 Å². The van der Waals surface area contributed by atoms with E-state index < -0.39 is 0 Å². The number of hydrogen-bond donors (Lipinski definition) is 1. The van der Waals surface area contributed by atoms with Gasteiger partial charge < -0.3 is 10.1 Å². The molecule has 19 heavy (non-hydrogen) atoms. The summed E-state index contributed by atoms with van der Waals surface area (Å²) in [6.07, 6.45) is 6.67. The van der Waals surface area contributed by atoms with Crippen LogP contribution in [0.4, 0.5) is 0 Å². The van der Waals surface area contributed by atoms with Crippen LogP contribution in [0.15, 0.2) is 12.1 Å². The molecule has 1 aliphatic rings. The van der Waals surface area contributed by atoms with Crippen molar-refractivity contribution in [1.82, 2.24) is 10.3 Å². The van der Waals surface area contributed by atoms with Crippen molar-refractivity contribution in [2.24, 2.45) is 5.92 Å². The van der Waals surface area contributed by atoms with Crippen molar-refractivity contribution in [2.45, 2.75) is 58.6 Å². The summed E-state index contributed by atoms with van der Waals surface area (Å²) in [6, 6.07) is 4.10. The average Bonchev–Trinajstić information content (AvgIpc) is 2.43. The smallest absolute Gasteiger partial charge is 0.142 e. The van der Waals surface area contributed by atoms with Gasteiger partial charge in [0.2, 0.25) is 0 Å². The topological polar surface area (TPSA) is 34.1 Å². The molecule has 1 saturated carbocycles. The molecule has 1 fully saturated rings. The SMILES string of the molecule is CCC1CCC(Oc2ccc(C)nc2CNC)CC1. The Labute approximate surface area is 116 Å². The number of nitrogens with zero attached hydrogens (tertiary/aromatic N) is 1. The zero-order valence-electron chi connectivity index (χ0n) is 12.4. The summed E-state index contributed by atoms with van der Waals surface area (Å²) in [7, 11) is 1.94. The lowest BCUT2D eigenvalue weighted by atomic mass is 9.86. The Morgan fingerprint density at radius 3 is 2.63 bits per heavy atom. The molecule has 0 aromatic carbocycles. The minimum Gasteiger partial charge on any atom is -0.488 e. The van der Waals surface area contributed by atoms with E-state index in [2.05, 4.69) is 23.3 Å². The molecular weight excluding hydrogens is 236 g/mol. The van der Waals surface area contributed by atoms with Gasteiger partial charge in [0, 0.05) is 12.2 Å². The molecule has 106 valence electrons. The molecule has 1 heterocycles. The summed E-state index contributed by atoms with van der Waals surface area (Å²) in [4.78, 5) is 4.57. The fourth-order valence-corrected chi connectivity index (χ4v) is 2.84. The Morgan fingerprint density at radius 1 is 1.26 bits per heavy atom. The quantitative estimate of drug-likeness (QED) is 0.882. The molecule has 0 atom stereocenters. The van der Waals surface area contributed by atoms with E-state index in [9.17, 15) is 0 Å². The highest BCUT2D eigenvalue weighted by molar-refractivity contribution is 5.29. The number of aromatic nitrogens is 1. The summed E-state index contributed by atoms with van der Waals surface area (Å²) >= 11 is 0. The molecule has 0 bridgehead atoms. The second-order valence-electron chi connectivity index (χ2n) is 5.60. The number of hydrogen-bond acceptors (Lipinski definition) is 3. The highest BCUT2D eigenvalue weighted by atomic mass is 16.5. The number of rotatable bonds is 5. The lowest BCUT2D eigenvalue weighted by Gasteiger charge is -2.28. The first-order chi connectivity index (χ1) is 9.22. The van der Waals surface area contributed by atoms with Crippen LogP contribution in [0.1, 0.15) is 50.4 Å². The summed E-state index contributed by atoms with van der Waals surface area (Å²) in [6.45, 7) is 5.08. The Hall–Kier alpha value is -1.09. The summed E-state index contributed by atoms with van der Waals surface area (Å²) in [5, 5.41) is 3.16. The van der Waals surface area contributed by atoms with Crippen LogP contribution < -0.4 is 10.1 Å². The van der Waals surface area contributed by atoms with E-state index in [0.29, 0.717) is 6.10 Å². The fourth-order valence-electron chi connectivity index (χ4n) is 2.84. The zero-order valence-corrected chi connectivity index (χ0v) is 12.4. The first-order valence-corrected chi connectivity index (χ1v) is 7.50. The van der Waals surface area contributed by atoms with Gasteiger partial charge >= 0.3 is 0 Å². The summed E-state index contributed by atoms with van der Waals surface area (Å²) in [5.74, 6) is 1.87. The van der Waals surface area contributed by atoms with Gasteiger partial charge in [-0.15, -0.1) is 0 Å². The molecule has 0 radical (unpaired) electrons. The van der Waals surface area contributed by atoms with Crippen molar-refractivity contribution in [3.8, 4) is 5.75 Å². The first kappa shape index (κ1) is 14.3. The van der Waals surface area contributed by atoms with Crippen LogP contribution in [0, 0.1) is 12.8 Å². The monoisotopic (exact) mass is 262 g/mol. The van der Waals surface area contributed by atoms with Crippen molar-refractivity contribution < 1.29 is 4.74 Å². The third-order valence-electron chi connectivity index (χ3n) is 4.08. The lowest BCUT2D eigenvalue weighted by molar-refractivity contribution is 0.128. The van der Waals surface area contributed by atoms with Gasteiger partial charge in [0.1, 0.15) is 5.75 Å². The van der Waals surface area contributed by atoms with Gasteiger partial charge in [0.25, 0.3) is 0 Å². The van der Waals surface area contributed by atoms with E-state index in [-0.39, 0.29) is 0 Å². The molecule has 2 rings (SSSR count). The molecule has 0 aliphatic heterocycles. The van der Waals surface area contributed by atoms with Crippen LogP contribution in [0.3, 0.4) is 0 Å². The van der Waals surface area contributed by atoms with Crippen molar-refractivity contribution in [3.63, 3.8) is 0 Å². The Kier molecular flexibility index (Phi) is 5.20. The first-order valence-electron chi connectivity index (χ1n) is 7.50. The summed E-state index contributed by atoms with van der Waals surface area (Å²) < 4.78 is 6.18. The second-order valence-corrected chi connectivity index (χ2v) is 5.60. The standard InChI is InChI=1S/C16H26N2O/c1-4-13-6-8-14(9-7-13)19-16-10-5-12(2)18-15(16)11-17-3/h5,10,13-14,17H,4,6-9,11H2,1-3H3. The van der Waals surface area contributed by atoms with E-state index in [1.165, 1.54) is 32.1 Å². The summed E-state index contributed by atoms with van der Waals surface area (Å²) in [5.41, 5.74) is 2.08. The maximum Gasteiger partial charge on any atom is 0.142 e. The molecule has 3 heteroatoms. The number of ether oxygens (including phenoxy) is 1. The van der Waals surface area contributed by atoms with Gasteiger partial charge in [-0.1, -0.05) is 13.3 Å². The Balaban J connectivity index is 1.99. The molecule has 1 aromatic rings. The second kappa shape index (κ2) is 6.90. The zero-order chi connectivity index (χ0) is 13.7. The largest absolute Gasteiger partial charge is 0.488 e. The number of aryl methyl sites for hydroxylation is 1. The fraction of sp³-hybridized carbons (Fsp3) is 0.688. The molecular formula is C16H26N2O. The van der Waals surface area contributed by atoms with Crippen LogP contribution in [0.5, 0.6) is 5.75 Å². The van der Waals surface area contributed by atoms with Crippen molar-refractivity contribution in [1.29, 1.82) is 0 Å². The van der Waals surface area contributed by atoms with Gasteiger partial charge in [0.15, 0.2) is 0 Å². The maximum absolute atomic E-state index is 6.18. The average molecular weight is 262 g/mol. The van der Waals surface area contributed by atoms with Gasteiger partial charge in [-0.05, 0) is 57.7 Å². The molecule has 1 aromatic heterocycles. The van der Waals surface area contributed by atoms with Crippen LogP contribution in [0.2, 0.25) is 0 Å². The van der Waals surface area contributed by atoms with Gasteiger partial charge in [0.05, 0.1) is 11.8 Å². The van der Waals surface area contributed by atoms with Crippen molar-refractivity contribution in [3.05, 3.63) is 23.5 Å². The van der Waals surface area contributed by atoms with Crippen LogP contribution in [-0.2, 0) is 6.54 Å². The third kappa shape index (κ3) is 3.93. The maximum atomic E-state index is 6.18. The molecule has 0 amide bonds. The molecule has 0 saturated heterocycles. The van der Waals surface area contributed by atoms with E-state index in [4.69, 9.17) is 4.74 Å². The number of pyridine rings is 1. The minimum atomic E-state index is 0.378. The van der Waals surface area contributed by atoms with E-state index in [1.807, 2.05) is 20.0 Å². The molecule has 0 spiro atoms. The highest BCUT2D eigenvalue weighted by Crippen LogP contribution is 2.30.